The van der Waals surface area contributed by atoms with Gasteiger partial charge in [0.05, 0.1) is 17.4 Å². The molecule has 0 fully saturated rings. The van der Waals surface area contributed by atoms with Crippen LogP contribution in [0.15, 0.2) is 24.3 Å². The minimum Gasteiger partial charge on any atom is -0.271 e. The maximum atomic E-state index is 5.77. The van der Waals surface area contributed by atoms with Gasteiger partial charge in [-0.2, -0.15) is 10.2 Å². The van der Waals surface area contributed by atoms with Crippen LogP contribution in [-0.2, 0) is 6.42 Å². The standard InChI is InChI=1S/C16H22N4/c1-10-6-5-7-11(2)14(10)9-16(18-17)15-8-12(3)19-20-13(15)4/h5-8,16,18H,9,17H2,1-4H3. The van der Waals surface area contributed by atoms with Gasteiger partial charge in [0.25, 0.3) is 0 Å². The predicted molar refractivity (Wildman–Crippen MR) is 81.2 cm³/mol. The minimum absolute atomic E-state index is 0.0454. The zero-order chi connectivity index (χ0) is 14.7. The topological polar surface area (TPSA) is 63.8 Å². The number of hydrogen-bond acceptors (Lipinski definition) is 4. The Balaban J connectivity index is 2.36. The van der Waals surface area contributed by atoms with Crippen molar-refractivity contribution in [2.45, 2.75) is 40.2 Å². The molecule has 20 heavy (non-hydrogen) atoms. The lowest BCUT2D eigenvalue weighted by Gasteiger charge is -2.20. The lowest BCUT2D eigenvalue weighted by atomic mass is 9.93. The third kappa shape index (κ3) is 3.03. The zero-order valence-corrected chi connectivity index (χ0v) is 12.6. The van der Waals surface area contributed by atoms with E-state index < -0.39 is 0 Å². The Labute approximate surface area is 120 Å². The first-order chi connectivity index (χ1) is 9.52. The summed E-state index contributed by atoms with van der Waals surface area (Å²) in [6.07, 6.45) is 0.848. The van der Waals surface area contributed by atoms with Gasteiger partial charge in [-0.3, -0.25) is 11.3 Å². The second-order valence-electron chi connectivity index (χ2n) is 5.32. The second kappa shape index (κ2) is 6.11. The first-order valence-corrected chi connectivity index (χ1v) is 6.85. The fourth-order valence-corrected chi connectivity index (χ4v) is 2.56. The third-order valence-corrected chi connectivity index (χ3v) is 3.77. The van der Waals surface area contributed by atoms with Crippen molar-refractivity contribution in [2.75, 3.05) is 0 Å². The highest BCUT2D eigenvalue weighted by Crippen LogP contribution is 2.24. The molecule has 4 heteroatoms. The fraction of sp³-hybridized carbons (Fsp3) is 0.375. The summed E-state index contributed by atoms with van der Waals surface area (Å²) < 4.78 is 0. The average molecular weight is 270 g/mol. The summed E-state index contributed by atoms with van der Waals surface area (Å²) in [6, 6.07) is 8.46. The Morgan fingerprint density at radius 1 is 1.10 bits per heavy atom. The Kier molecular flexibility index (Phi) is 4.47. The van der Waals surface area contributed by atoms with E-state index in [1.165, 1.54) is 16.7 Å². The van der Waals surface area contributed by atoms with Gasteiger partial charge >= 0.3 is 0 Å². The van der Waals surface area contributed by atoms with Gasteiger partial charge in [0.1, 0.15) is 0 Å². The van der Waals surface area contributed by atoms with Gasteiger partial charge in [-0.25, -0.2) is 0 Å². The number of rotatable bonds is 4. The summed E-state index contributed by atoms with van der Waals surface area (Å²) >= 11 is 0. The van der Waals surface area contributed by atoms with Crippen molar-refractivity contribution in [1.29, 1.82) is 0 Å². The fourth-order valence-electron chi connectivity index (χ4n) is 2.56. The number of aromatic nitrogens is 2. The molecule has 2 rings (SSSR count). The van der Waals surface area contributed by atoms with Crippen LogP contribution in [-0.4, -0.2) is 10.2 Å². The summed E-state index contributed by atoms with van der Waals surface area (Å²) in [5.41, 5.74) is 9.79. The molecule has 0 radical (unpaired) electrons. The van der Waals surface area contributed by atoms with E-state index in [0.717, 1.165) is 23.4 Å². The van der Waals surface area contributed by atoms with Crippen molar-refractivity contribution in [3.05, 3.63) is 57.9 Å². The molecule has 0 aliphatic heterocycles. The van der Waals surface area contributed by atoms with Crippen LogP contribution in [0.1, 0.15) is 39.7 Å². The van der Waals surface area contributed by atoms with E-state index in [2.05, 4.69) is 53.7 Å². The third-order valence-electron chi connectivity index (χ3n) is 3.77. The molecule has 1 atom stereocenters. The largest absolute Gasteiger partial charge is 0.271 e. The van der Waals surface area contributed by atoms with Crippen LogP contribution in [0.4, 0.5) is 0 Å². The monoisotopic (exact) mass is 270 g/mol. The van der Waals surface area contributed by atoms with Crippen LogP contribution in [0.25, 0.3) is 0 Å². The lowest BCUT2D eigenvalue weighted by molar-refractivity contribution is 0.542. The van der Waals surface area contributed by atoms with Gasteiger partial charge < -0.3 is 0 Å². The Morgan fingerprint density at radius 3 is 2.35 bits per heavy atom. The summed E-state index contributed by atoms with van der Waals surface area (Å²) in [4.78, 5) is 0. The molecule has 0 saturated carbocycles. The molecule has 3 N–H and O–H groups in total. The number of hydrogen-bond donors (Lipinski definition) is 2. The van der Waals surface area contributed by atoms with E-state index in [0.29, 0.717) is 0 Å². The van der Waals surface area contributed by atoms with Gasteiger partial charge in [-0.05, 0) is 62.4 Å². The SMILES string of the molecule is Cc1cc(C(Cc2c(C)cccc2C)NN)c(C)nn1. The van der Waals surface area contributed by atoms with Crippen molar-refractivity contribution >= 4 is 0 Å². The van der Waals surface area contributed by atoms with Crippen LogP contribution >= 0.6 is 0 Å². The van der Waals surface area contributed by atoms with Gasteiger partial charge in [-0.15, -0.1) is 0 Å². The number of aryl methyl sites for hydroxylation is 4. The van der Waals surface area contributed by atoms with E-state index in [1.54, 1.807) is 0 Å². The van der Waals surface area contributed by atoms with Crippen molar-refractivity contribution in [3.63, 3.8) is 0 Å². The zero-order valence-electron chi connectivity index (χ0n) is 12.6. The molecule has 0 aliphatic rings. The normalized spacial score (nSPS) is 12.4. The maximum absolute atomic E-state index is 5.77. The molecule has 0 spiro atoms. The molecule has 1 unspecified atom stereocenters. The van der Waals surface area contributed by atoms with Crippen LogP contribution in [0, 0.1) is 27.7 Å². The first kappa shape index (κ1) is 14.6. The van der Waals surface area contributed by atoms with Crippen molar-refractivity contribution in [3.8, 4) is 0 Å². The molecule has 4 nitrogen and oxygen atoms in total. The average Bonchev–Trinajstić information content (AvgIpc) is 2.42. The molecule has 0 bridgehead atoms. The Bertz CT molecular complexity index is 587. The van der Waals surface area contributed by atoms with E-state index in [4.69, 9.17) is 5.84 Å². The highest BCUT2D eigenvalue weighted by atomic mass is 15.2. The lowest BCUT2D eigenvalue weighted by Crippen LogP contribution is -2.31. The summed E-state index contributed by atoms with van der Waals surface area (Å²) in [7, 11) is 0. The maximum Gasteiger partial charge on any atom is 0.0648 e. The molecule has 0 aliphatic carbocycles. The van der Waals surface area contributed by atoms with Crippen LogP contribution in [0.5, 0.6) is 0 Å². The number of nitrogens with zero attached hydrogens (tertiary/aromatic N) is 2. The minimum atomic E-state index is 0.0454. The number of nitrogens with two attached hydrogens (primary N) is 1. The summed E-state index contributed by atoms with van der Waals surface area (Å²) in [6.45, 7) is 8.19. The molecular formula is C16H22N4. The second-order valence-corrected chi connectivity index (χ2v) is 5.32. The van der Waals surface area contributed by atoms with E-state index in [-0.39, 0.29) is 6.04 Å². The van der Waals surface area contributed by atoms with Gasteiger partial charge in [-0.1, -0.05) is 18.2 Å². The molecular weight excluding hydrogens is 248 g/mol. The van der Waals surface area contributed by atoms with Gasteiger partial charge in [0.2, 0.25) is 0 Å². The van der Waals surface area contributed by atoms with Crippen molar-refractivity contribution < 1.29 is 0 Å². The highest BCUT2D eigenvalue weighted by molar-refractivity contribution is 5.36. The van der Waals surface area contributed by atoms with Crippen LogP contribution in [0.2, 0.25) is 0 Å². The highest BCUT2D eigenvalue weighted by Gasteiger charge is 2.16. The van der Waals surface area contributed by atoms with E-state index in [1.807, 2.05) is 13.8 Å². The Hall–Kier alpha value is -1.78. The molecule has 2 aromatic rings. The van der Waals surface area contributed by atoms with Crippen LogP contribution < -0.4 is 11.3 Å². The van der Waals surface area contributed by atoms with Crippen LogP contribution in [0.3, 0.4) is 0 Å². The molecule has 1 aromatic heterocycles. The molecule has 1 aromatic carbocycles. The van der Waals surface area contributed by atoms with Gasteiger partial charge in [0, 0.05) is 0 Å². The Morgan fingerprint density at radius 2 is 1.75 bits per heavy atom. The van der Waals surface area contributed by atoms with E-state index in [9.17, 15) is 0 Å². The summed E-state index contributed by atoms with van der Waals surface area (Å²) in [5, 5.41) is 8.27. The smallest absolute Gasteiger partial charge is 0.0648 e. The van der Waals surface area contributed by atoms with Crippen molar-refractivity contribution in [1.82, 2.24) is 15.6 Å². The predicted octanol–water partition coefficient (Wildman–Crippen LogP) is 2.46. The van der Waals surface area contributed by atoms with E-state index >= 15 is 0 Å². The quantitative estimate of drug-likeness (QED) is 0.661. The number of hydrazine groups is 1. The molecule has 0 amide bonds. The van der Waals surface area contributed by atoms with Crippen molar-refractivity contribution in [2.24, 2.45) is 5.84 Å². The number of nitrogens with one attached hydrogen (secondary N) is 1. The molecule has 1 heterocycles. The molecule has 106 valence electrons. The van der Waals surface area contributed by atoms with Gasteiger partial charge in [0.15, 0.2) is 0 Å². The summed E-state index contributed by atoms with van der Waals surface area (Å²) in [5.74, 6) is 5.77. The first-order valence-electron chi connectivity index (χ1n) is 6.85. The number of benzene rings is 1. The molecule has 0 saturated heterocycles.